The summed E-state index contributed by atoms with van der Waals surface area (Å²) in [6.45, 7) is 7.89. The largest absolute Gasteiger partial charge is 0.489 e. The van der Waals surface area contributed by atoms with Crippen LogP contribution in [0.4, 0.5) is 5.82 Å². The molecule has 0 aliphatic carbocycles. The van der Waals surface area contributed by atoms with Crippen molar-refractivity contribution in [2.45, 2.75) is 32.4 Å². The van der Waals surface area contributed by atoms with Crippen LogP contribution in [-0.2, 0) is 16.0 Å². The van der Waals surface area contributed by atoms with Crippen molar-refractivity contribution in [2.75, 3.05) is 51.4 Å². The van der Waals surface area contributed by atoms with Gasteiger partial charge in [-0.2, -0.15) is 5.26 Å². The summed E-state index contributed by atoms with van der Waals surface area (Å²) >= 11 is 3.42. The molecule has 0 radical (unpaired) electrons. The van der Waals surface area contributed by atoms with Gasteiger partial charge in [0.15, 0.2) is 6.29 Å². The molecule has 0 aromatic carbocycles. The second-order valence-electron chi connectivity index (χ2n) is 9.94. The summed E-state index contributed by atoms with van der Waals surface area (Å²) in [6, 6.07) is 5.50. The number of nitriles is 1. The molecule has 2 aliphatic heterocycles. The number of aromatic nitrogens is 3. The molecule has 2 saturated heterocycles. The molecule has 5 heterocycles. The number of carbonyl (C=O) groups is 2. The molecule has 12 heteroatoms. The van der Waals surface area contributed by atoms with Crippen molar-refractivity contribution in [3.63, 3.8) is 0 Å². The molecule has 1 unspecified atom stereocenters. The molecule has 0 saturated carbocycles. The van der Waals surface area contributed by atoms with Crippen molar-refractivity contribution in [1.29, 1.82) is 5.26 Å². The molecule has 11 nitrogen and oxygen atoms in total. The third-order valence-corrected chi connectivity index (χ3v) is 8.06. The SMILES string of the molecule is CC(Oc1cc(NC(=O)c2cn(CCN3CCOCC3)c3cc(Br)c(C=O)nc23)ncc1C#N)C1CCOCC1. The fourth-order valence-corrected chi connectivity index (χ4v) is 5.46. The maximum absolute atomic E-state index is 13.5. The van der Waals surface area contributed by atoms with E-state index in [0.29, 0.717) is 72.0 Å². The number of hydrogen-bond acceptors (Lipinski definition) is 9. The number of nitrogens with zero attached hydrogens (tertiary/aromatic N) is 5. The Morgan fingerprint density at radius 1 is 1.25 bits per heavy atom. The van der Waals surface area contributed by atoms with Gasteiger partial charge in [-0.15, -0.1) is 0 Å². The van der Waals surface area contributed by atoms with Crippen LogP contribution in [0.15, 0.2) is 29.0 Å². The Bertz CT molecular complexity index is 1420. The number of morpholine rings is 1. The maximum Gasteiger partial charge on any atom is 0.260 e. The number of aldehydes is 1. The molecule has 0 spiro atoms. The fourth-order valence-electron chi connectivity index (χ4n) is 5.06. The number of halogens is 1. The van der Waals surface area contributed by atoms with Gasteiger partial charge < -0.3 is 24.1 Å². The Balaban J connectivity index is 1.39. The van der Waals surface area contributed by atoms with Gasteiger partial charge in [0.25, 0.3) is 5.91 Å². The average Bonchev–Trinajstić information content (AvgIpc) is 3.34. The van der Waals surface area contributed by atoms with Crippen LogP contribution in [0.3, 0.4) is 0 Å². The molecular weight excluding hydrogens is 580 g/mol. The van der Waals surface area contributed by atoms with Crippen molar-refractivity contribution in [1.82, 2.24) is 19.4 Å². The number of ether oxygens (including phenoxy) is 3. The zero-order valence-electron chi connectivity index (χ0n) is 22.3. The van der Waals surface area contributed by atoms with E-state index in [0.717, 1.165) is 38.0 Å². The lowest BCUT2D eigenvalue weighted by atomic mass is 9.95. The standard InChI is InChI=1S/C28H31BrN6O5/c1-18(19-2-8-38-9-3-19)40-25-13-26(31-15-20(25)14-30)33-28(37)21-16-35(5-4-34-6-10-39-11-7-34)24-12-22(29)23(17-36)32-27(21)24/h12-13,15-19H,2-11H2,1H3,(H,31,33,37). The minimum atomic E-state index is -0.428. The topological polar surface area (TPSA) is 132 Å². The van der Waals surface area contributed by atoms with E-state index in [2.05, 4.69) is 42.2 Å². The van der Waals surface area contributed by atoms with E-state index in [1.807, 2.05) is 17.6 Å². The Hall–Kier alpha value is -3.37. The predicted octanol–water partition coefficient (Wildman–Crippen LogP) is 3.66. The predicted molar refractivity (Wildman–Crippen MR) is 151 cm³/mol. The summed E-state index contributed by atoms with van der Waals surface area (Å²) in [5, 5.41) is 12.4. The lowest BCUT2D eigenvalue weighted by molar-refractivity contribution is 0.0238. The highest BCUT2D eigenvalue weighted by molar-refractivity contribution is 9.10. The van der Waals surface area contributed by atoms with Gasteiger partial charge in [0.05, 0.1) is 36.6 Å². The summed E-state index contributed by atoms with van der Waals surface area (Å²) in [6.07, 6.45) is 5.45. The van der Waals surface area contributed by atoms with E-state index in [9.17, 15) is 14.9 Å². The number of pyridine rings is 2. The maximum atomic E-state index is 13.5. The van der Waals surface area contributed by atoms with Crippen molar-refractivity contribution in [3.8, 4) is 11.8 Å². The van der Waals surface area contributed by atoms with Crippen LogP contribution in [0.25, 0.3) is 11.0 Å². The number of fused-ring (bicyclic) bond motifs is 1. The van der Waals surface area contributed by atoms with E-state index >= 15 is 0 Å². The van der Waals surface area contributed by atoms with Crippen LogP contribution < -0.4 is 10.1 Å². The van der Waals surface area contributed by atoms with Crippen molar-refractivity contribution in [3.05, 3.63) is 45.8 Å². The van der Waals surface area contributed by atoms with Gasteiger partial charge in [-0.05, 0) is 47.7 Å². The number of hydrogen-bond donors (Lipinski definition) is 1. The lowest BCUT2D eigenvalue weighted by Gasteiger charge is -2.28. The smallest absolute Gasteiger partial charge is 0.260 e. The summed E-state index contributed by atoms with van der Waals surface area (Å²) in [4.78, 5) is 36.2. The van der Waals surface area contributed by atoms with Crippen molar-refractivity contribution in [2.24, 2.45) is 5.92 Å². The van der Waals surface area contributed by atoms with Crippen molar-refractivity contribution < 1.29 is 23.8 Å². The molecule has 1 N–H and O–H groups in total. The summed E-state index contributed by atoms with van der Waals surface area (Å²) in [5.41, 5.74) is 1.97. The first kappa shape index (κ1) is 28.2. The minimum Gasteiger partial charge on any atom is -0.489 e. The van der Waals surface area contributed by atoms with Crippen LogP contribution in [0, 0.1) is 17.2 Å². The number of anilines is 1. The number of rotatable bonds is 9. The van der Waals surface area contributed by atoms with E-state index in [1.165, 1.54) is 6.20 Å². The Morgan fingerprint density at radius 3 is 2.73 bits per heavy atom. The van der Waals surface area contributed by atoms with E-state index in [4.69, 9.17) is 14.2 Å². The minimum absolute atomic E-state index is 0.129. The third kappa shape index (κ3) is 6.33. The van der Waals surface area contributed by atoms with E-state index in [1.54, 1.807) is 12.3 Å². The zero-order chi connectivity index (χ0) is 28.1. The Morgan fingerprint density at radius 2 is 2.00 bits per heavy atom. The normalized spacial score (nSPS) is 17.3. The van der Waals surface area contributed by atoms with Crippen LogP contribution in [0.5, 0.6) is 5.75 Å². The number of carbonyl (C=O) groups excluding carboxylic acids is 2. The van der Waals surface area contributed by atoms with Gasteiger partial charge in [-0.1, -0.05) is 0 Å². The molecule has 2 aliphatic rings. The Kier molecular flexibility index (Phi) is 9.06. The second kappa shape index (κ2) is 12.9. The van der Waals surface area contributed by atoms with Gasteiger partial charge in [-0.3, -0.25) is 14.5 Å². The Labute approximate surface area is 240 Å². The van der Waals surface area contributed by atoms with E-state index in [-0.39, 0.29) is 17.6 Å². The molecule has 5 rings (SSSR count). The first-order chi connectivity index (χ1) is 19.5. The highest BCUT2D eigenvalue weighted by atomic mass is 79.9. The van der Waals surface area contributed by atoms with Crippen molar-refractivity contribution >= 4 is 45.0 Å². The molecule has 1 amide bonds. The highest BCUT2D eigenvalue weighted by Crippen LogP contribution is 2.29. The molecular formula is C28H31BrN6O5. The molecule has 1 atom stereocenters. The van der Waals surface area contributed by atoms with Crippen LogP contribution in [-0.4, -0.2) is 83.8 Å². The van der Waals surface area contributed by atoms with E-state index < -0.39 is 5.91 Å². The average molecular weight is 611 g/mol. The fraction of sp³-hybridized carbons (Fsp3) is 0.464. The highest BCUT2D eigenvalue weighted by Gasteiger charge is 2.24. The summed E-state index contributed by atoms with van der Waals surface area (Å²) < 4.78 is 19.6. The van der Waals surface area contributed by atoms with Gasteiger partial charge in [0.1, 0.15) is 34.4 Å². The monoisotopic (exact) mass is 610 g/mol. The second-order valence-corrected chi connectivity index (χ2v) is 10.8. The molecule has 0 bridgehead atoms. The van der Waals surface area contributed by atoms with Crippen LogP contribution in [0.2, 0.25) is 0 Å². The molecule has 2 fully saturated rings. The van der Waals surface area contributed by atoms with Gasteiger partial charge in [0.2, 0.25) is 0 Å². The molecule has 210 valence electrons. The molecule has 3 aromatic rings. The van der Waals surface area contributed by atoms with Gasteiger partial charge in [0, 0.05) is 56.1 Å². The van der Waals surface area contributed by atoms with Gasteiger partial charge in [-0.25, -0.2) is 9.97 Å². The van der Waals surface area contributed by atoms with Gasteiger partial charge >= 0.3 is 0 Å². The first-order valence-corrected chi connectivity index (χ1v) is 14.2. The summed E-state index contributed by atoms with van der Waals surface area (Å²) in [5.74, 6) is 0.500. The van der Waals surface area contributed by atoms with Crippen LogP contribution in [0.1, 0.15) is 46.2 Å². The quantitative estimate of drug-likeness (QED) is 0.360. The first-order valence-electron chi connectivity index (χ1n) is 13.4. The molecule has 3 aromatic heterocycles. The lowest BCUT2D eigenvalue weighted by Crippen LogP contribution is -2.38. The number of nitrogens with one attached hydrogen (secondary N) is 1. The number of amides is 1. The summed E-state index contributed by atoms with van der Waals surface area (Å²) in [7, 11) is 0. The zero-order valence-corrected chi connectivity index (χ0v) is 23.9. The van der Waals surface area contributed by atoms with Crippen LogP contribution >= 0.6 is 15.9 Å². The molecule has 40 heavy (non-hydrogen) atoms. The third-order valence-electron chi connectivity index (χ3n) is 7.42.